The van der Waals surface area contributed by atoms with E-state index < -0.39 is 0 Å². The molecule has 0 aliphatic heterocycles. The van der Waals surface area contributed by atoms with Crippen LogP contribution in [0.5, 0.6) is 0 Å². The highest BCUT2D eigenvalue weighted by Gasteiger charge is 2.13. The van der Waals surface area contributed by atoms with Crippen molar-refractivity contribution in [1.29, 1.82) is 0 Å². The van der Waals surface area contributed by atoms with Gasteiger partial charge in [0.25, 0.3) is 0 Å². The van der Waals surface area contributed by atoms with Crippen LogP contribution in [0.3, 0.4) is 0 Å². The van der Waals surface area contributed by atoms with Crippen molar-refractivity contribution < 1.29 is 5.21 Å². The lowest BCUT2D eigenvalue weighted by molar-refractivity contribution is 0.318. The van der Waals surface area contributed by atoms with Gasteiger partial charge in [-0.2, -0.15) is 0 Å². The fourth-order valence-electron chi connectivity index (χ4n) is 1.48. The Morgan fingerprint density at radius 1 is 1.44 bits per heavy atom. The molecule has 0 spiro atoms. The molecule has 0 aliphatic rings. The molecular formula is C12H19N3O. The maximum Gasteiger partial charge on any atom is 0.172 e. The summed E-state index contributed by atoms with van der Waals surface area (Å²) in [5.74, 6) is 0.141. The van der Waals surface area contributed by atoms with Crippen LogP contribution in [0.4, 0.5) is 5.69 Å². The van der Waals surface area contributed by atoms with Crippen LogP contribution in [0.25, 0.3) is 0 Å². The Labute approximate surface area is 96.4 Å². The van der Waals surface area contributed by atoms with Gasteiger partial charge in [-0.15, -0.1) is 0 Å². The van der Waals surface area contributed by atoms with Gasteiger partial charge in [0.1, 0.15) is 0 Å². The van der Waals surface area contributed by atoms with Crippen LogP contribution in [-0.4, -0.2) is 24.1 Å². The summed E-state index contributed by atoms with van der Waals surface area (Å²) in [4.78, 5) is 2.10. The van der Waals surface area contributed by atoms with Crippen molar-refractivity contribution in [2.75, 3.05) is 11.9 Å². The van der Waals surface area contributed by atoms with Crippen molar-refractivity contribution in [3.8, 4) is 0 Å². The van der Waals surface area contributed by atoms with Crippen molar-refractivity contribution in [3.63, 3.8) is 0 Å². The standard InChI is InChI=1S/C12H19N3O/c1-8(2)15(4)11-7-9(3)5-6-10(11)12(13)14-16/h5-8,16H,1-4H3,(H2,13,14). The smallest absolute Gasteiger partial charge is 0.172 e. The molecule has 1 aromatic rings. The van der Waals surface area contributed by atoms with Gasteiger partial charge in [0.15, 0.2) is 5.84 Å². The average Bonchev–Trinajstić information content (AvgIpc) is 2.26. The van der Waals surface area contributed by atoms with Crippen molar-refractivity contribution in [2.45, 2.75) is 26.8 Å². The Kier molecular flexibility index (Phi) is 3.77. The number of hydrogen-bond acceptors (Lipinski definition) is 3. The van der Waals surface area contributed by atoms with E-state index in [0.717, 1.165) is 16.8 Å². The molecule has 88 valence electrons. The highest BCUT2D eigenvalue weighted by atomic mass is 16.4. The molecule has 0 aromatic heterocycles. The minimum Gasteiger partial charge on any atom is -0.409 e. The number of aryl methyl sites for hydroxylation is 1. The van der Waals surface area contributed by atoms with Crippen LogP contribution in [0.15, 0.2) is 23.4 Å². The van der Waals surface area contributed by atoms with Crippen LogP contribution in [-0.2, 0) is 0 Å². The third kappa shape index (κ3) is 2.45. The molecular weight excluding hydrogens is 202 g/mol. The summed E-state index contributed by atoms with van der Waals surface area (Å²) < 4.78 is 0. The topological polar surface area (TPSA) is 61.9 Å². The average molecular weight is 221 g/mol. The van der Waals surface area contributed by atoms with Gasteiger partial charge in [-0.3, -0.25) is 0 Å². The number of hydrogen-bond donors (Lipinski definition) is 2. The summed E-state index contributed by atoms with van der Waals surface area (Å²) in [6.07, 6.45) is 0. The van der Waals surface area contributed by atoms with E-state index in [1.54, 1.807) is 0 Å². The molecule has 0 radical (unpaired) electrons. The number of nitrogens with zero attached hydrogens (tertiary/aromatic N) is 2. The first kappa shape index (κ1) is 12.4. The predicted molar refractivity (Wildman–Crippen MR) is 67.2 cm³/mol. The fraction of sp³-hybridized carbons (Fsp3) is 0.417. The van der Waals surface area contributed by atoms with Crippen LogP contribution in [0.2, 0.25) is 0 Å². The Morgan fingerprint density at radius 3 is 2.56 bits per heavy atom. The van der Waals surface area contributed by atoms with E-state index in [0.29, 0.717) is 6.04 Å². The predicted octanol–water partition coefficient (Wildman–Crippen LogP) is 1.93. The van der Waals surface area contributed by atoms with Crippen LogP contribution >= 0.6 is 0 Å². The summed E-state index contributed by atoms with van der Waals surface area (Å²) >= 11 is 0. The molecule has 0 heterocycles. The van der Waals surface area contributed by atoms with Gasteiger partial charge in [-0.25, -0.2) is 0 Å². The summed E-state index contributed by atoms with van der Waals surface area (Å²) in [5, 5.41) is 11.8. The second kappa shape index (κ2) is 4.88. The molecule has 4 heteroatoms. The molecule has 0 amide bonds. The molecule has 4 nitrogen and oxygen atoms in total. The monoisotopic (exact) mass is 221 g/mol. The lowest BCUT2D eigenvalue weighted by Crippen LogP contribution is -2.28. The number of anilines is 1. The van der Waals surface area contributed by atoms with Crippen molar-refractivity contribution >= 4 is 11.5 Å². The minimum atomic E-state index is 0.141. The molecule has 0 saturated carbocycles. The van der Waals surface area contributed by atoms with E-state index in [-0.39, 0.29) is 5.84 Å². The molecule has 0 unspecified atom stereocenters. The first-order chi connectivity index (χ1) is 7.47. The van der Waals surface area contributed by atoms with Gasteiger partial charge in [0, 0.05) is 24.3 Å². The zero-order valence-corrected chi connectivity index (χ0v) is 10.2. The fourth-order valence-corrected chi connectivity index (χ4v) is 1.48. The number of amidine groups is 1. The van der Waals surface area contributed by atoms with Gasteiger partial charge in [-0.1, -0.05) is 11.2 Å². The Hall–Kier alpha value is -1.71. The molecule has 0 atom stereocenters. The Morgan fingerprint density at radius 2 is 2.06 bits per heavy atom. The van der Waals surface area contributed by atoms with Gasteiger partial charge >= 0.3 is 0 Å². The largest absolute Gasteiger partial charge is 0.409 e. The number of benzene rings is 1. The summed E-state index contributed by atoms with van der Waals surface area (Å²) in [5.41, 5.74) is 8.54. The molecule has 3 N–H and O–H groups in total. The second-order valence-corrected chi connectivity index (χ2v) is 4.21. The molecule has 1 aromatic carbocycles. The lowest BCUT2D eigenvalue weighted by Gasteiger charge is -2.26. The van der Waals surface area contributed by atoms with Crippen LogP contribution < -0.4 is 10.6 Å². The maximum absolute atomic E-state index is 8.75. The van der Waals surface area contributed by atoms with Crippen LogP contribution in [0, 0.1) is 6.92 Å². The zero-order valence-electron chi connectivity index (χ0n) is 10.2. The Bertz CT molecular complexity index is 399. The van der Waals surface area contributed by atoms with Crippen molar-refractivity contribution in [2.24, 2.45) is 10.9 Å². The minimum absolute atomic E-state index is 0.141. The van der Waals surface area contributed by atoms with E-state index in [9.17, 15) is 0 Å². The Balaban J connectivity index is 3.29. The zero-order chi connectivity index (χ0) is 12.3. The highest BCUT2D eigenvalue weighted by molar-refractivity contribution is 6.02. The second-order valence-electron chi connectivity index (χ2n) is 4.21. The molecule has 0 bridgehead atoms. The number of rotatable bonds is 3. The van der Waals surface area contributed by atoms with E-state index >= 15 is 0 Å². The highest BCUT2D eigenvalue weighted by Crippen LogP contribution is 2.22. The van der Waals surface area contributed by atoms with Gasteiger partial charge < -0.3 is 15.8 Å². The van der Waals surface area contributed by atoms with Gasteiger partial charge in [0.2, 0.25) is 0 Å². The summed E-state index contributed by atoms with van der Waals surface area (Å²) in [6.45, 7) is 6.21. The van der Waals surface area contributed by atoms with E-state index in [1.165, 1.54) is 0 Å². The summed E-state index contributed by atoms with van der Waals surface area (Å²) in [7, 11) is 1.99. The number of oxime groups is 1. The molecule has 0 saturated heterocycles. The van der Waals surface area contributed by atoms with Gasteiger partial charge in [0.05, 0.1) is 0 Å². The van der Waals surface area contributed by atoms with E-state index in [4.69, 9.17) is 10.9 Å². The summed E-state index contributed by atoms with van der Waals surface area (Å²) in [6, 6.07) is 6.21. The first-order valence-corrected chi connectivity index (χ1v) is 5.28. The van der Waals surface area contributed by atoms with E-state index in [1.807, 2.05) is 32.2 Å². The van der Waals surface area contributed by atoms with E-state index in [2.05, 4.69) is 23.9 Å². The number of nitrogens with two attached hydrogens (primary N) is 1. The SMILES string of the molecule is Cc1ccc(C(N)=NO)c(N(C)C(C)C)c1. The molecule has 1 rings (SSSR count). The quantitative estimate of drug-likeness (QED) is 0.355. The molecule has 0 fully saturated rings. The first-order valence-electron chi connectivity index (χ1n) is 5.28. The third-order valence-corrected chi connectivity index (χ3v) is 2.69. The molecule has 16 heavy (non-hydrogen) atoms. The maximum atomic E-state index is 8.75. The van der Waals surface area contributed by atoms with Crippen molar-refractivity contribution in [3.05, 3.63) is 29.3 Å². The normalized spacial score (nSPS) is 11.9. The van der Waals surface area contributed by atoms with Crippen LogP contribution in [0.1, 0.15) is 25.0 Å². The molecule has 0 aliphatic carbocycles. The third-order valence-electron chi connectivity index (χ3n) is 2.69. The van der Waals surface area contributed by atoms with Gasteiger partial charge in [-0.05, 0) is 38.5 Å². The van der Waals surface area contributed by atoms with Crippen molar-refractivity contribution in [1.82, 2.24) is 0 Å². The lowest BCUT2D eigenvalue weighted by atomic mass is 10.1.